The van der Waals surface area contributed by atoms with Gasteiger partial charge in [-0.3, -0.25) is 9.69 Å². The van der Waals surface area contributed by atoms with Crippen LogP contribution in [-0.2, 0) is 4.79 Å². The molecule has 3 atom stereocenters. The van der Waals surface area contributed by atoms with Crippen LogP contribution in [0.25, 0.3) is 0 Å². The van der Waals surface area contributed by atoms with E-state index in [1.807, 2.05) is 82.3 Å². The van der Waals surface area contributed by atoms with Gasteiger partial charge < -0.3 is 19.4 Å². The Labute approximate surface area is 286 Å². The first-order valence-corrected chi connectivity index (χ1v) is 16.6. The predicted octanol–water partition coefficient (Wildman–Crippen LogP) is 6.65. The fraction of sp³-hybridized carbons (Fsp3) is 0.389. The van der Waals surface area contributed by atoms with E-state index in [1.165, 1.54) is 4.90 Å². The van der Waals surface area contributed by atoms with Gasteiger partial charge in [0.15, 0.2) is 0 Å². The highest BCUT2D eigenvalue weighted by molar-refractivity contribution is 6.30. The molecule has 2 saturated heterocycles. The van der Waals surface area contributed by atoms with Crippen LogP contribution in [0.4, 0.5) is 4.79 Å². The minimum atomic E-state index is -0.343. The summed E-state index contributed by atoms with van der Waals surface area (Å²) in [6.45, 7) is 4.51. The Balaban J connectivity index is 1.54. The summed E-state index contributed by atoms with van der Waals surface area (Å²) >= 11 is 12.6. The monoisotopic (exact) mass is 672 g/mol. The number of benzene rings is 3. The summed E-state index contributed by atoms with van der Waals surface area (Å²) in [5, 5.41) is 19.9. The molecule has 2 fully saturated rings. The molecule has 2 aliphatic rings. The number of hydrogen-bond acceptors (Lipinski definition) is 6. The maximum atomic E-state index is 14.9. The van der Waals surface area contributed by atoms with Crippen molar-refractivity contribution in [2.75, 3.05) is 52.9 Å². The molecule has 0 bridgehead atoms. The Kier molecular flexibility index (Phi) is 11.3. The van der Waals surface area contributed by atoms with E-state index in [-0.39, 0.29) is 43.0 Å². The smallest absolute Gasteiger partial charge is 0.321 e. The SMILES string of the molecule is CCOc1cc(C#N)ccc1C1CCC(c2ccc(Cl)cc2)C(c2ccc(Cl)cc2)N1C(=O)N1CCN(CC(=O)N(C)CC#N)CC1. The summed E-state index contributed by atoms with van der Waals surface area (Å²) < 4.78 is 6.08. The summed E-state index contributed by atoms with van der Waals surface area (Å²) in [7, 11) is 1.62. The number of piperidine rings is 1. The van der Waals surface area contributed by atoms with Gasteiger partial charge in [-0.1, -0.05) is 53.5 Å². The van der Waals surface area contributed by atoms with Gasteiger partial charge in [-0.2, -0.15) is 10.5 Å². The van der Waals surface area contributed by atoms with Crippen molar-refractivity contribution in [2.24, 2.45) is 0 Å². The largest absolute Gasteiger partial charge is 0.493 e. The Morgan fingerprint density at radius 1 is 0.915 bits per heavy atom. The first-order valence-electron chi connectivity index (χ1n) is 15.8. The van der Waals surface area contributed by atoms with Crippen molar-refractivity contribution in [1.29, 1.82) is 10.5 Å². The molecule has 47 heavy (non-hydrogen) atoms. The molecule has 3 aromatic carbocycles. The molecule has 11 heteroatoms. The molecule has 3 amide bonds. The van der Waals surface area contributed by atoms with E-state index in [0.29, 0.717) is 60.6 Å². The lowest BCUT2D eigenvalue weighted by atomic mass is 9.76. The summed E-state index contributed by atoms with van der Waals surface area (Å²) in [5.74, 6) is 0.441. The van der Waals surface area contributed by atoms with Crippen LogP contribution >= 0.6 is 23.2 Å². The molecule has 2 heterocycles. The number of ether oxygens (including phenoxy) is 1. The Morgan fingerprint density at radius 2 is 1.55 bits per heavy atom. The lowest BCUT2D eigenvalue weighted by Gasteiger charge is -2.49. The van der Waals surface area contributed by atoms with E-state index in [0.717, 1.165) is 23.1 Å². The summed E-state index contributed by atoms with van der Waals surface area (Å²) in [5.41, 5.74) is 3.40. The average molecular weight is 674 g/mol. The molecule has 3 aromatic rings. The van der Waals surface area contributed by atoms with E-state index in [4.69, 9.17) is 33.2 Å². The van der Waals surface area contributed by atoms with Gasteiger partial charge in [0.25, 0.3) is 0 Å². The van der Waals surface area contributed by atoms with E-state index in [1.54, 1.807) is 19.2 Å². The van der Waals surface area contributed by atoms with Gasteiger partial charge in [-0.05, 0) is 67.3 Å². The molecular formula is C36H38Cl2N6O3. The van der Waals surface area contributed by atoms with Crippen LogP contribution in [0, 0.1) is 22.7 Å². The number of halogens is 2. The van der Waals surface area contributed by atoms with Crippen LogP contribution in [0.15, 0.2) is 66.7 Å². The predicted molar refractivity (Wildman–Crippen MR) is 181 cm³/mol. The Bertz CT molecular complexity index is 1650. The molecule has 244 valence electrons. The van der Waals surface area contributed by atoms with Crippen molar-refractivity contribution >= 4 is 35.1 Å². The topological polar surface area (TPSA) is 104 Å². The van der Waals surface area contributed by atoms with Crippen molar-refractivity contribution in [3.63, 3.8) is 0 Å². The zero-order valence-electron chi connectivity index (χ0n) is 26.6. The highest BCUT2D eigenvalue weighted by Crippen LogP contribution is 2.51. The molecule has 0 radical (unpaired) electrons. The van der Waals surface area contributed by atoms with Crippen LogP contribution < -0.4 is 4.74 Å². The number of carbonyl (C=O) groups is 2. The van der Waals surface area contributed by atoms with Crippen molar-refractivity contribution in [1.82, 2.24) is 19.6 Å². The number of amides is 3. The first-order chi connectivity index (χ1) is 22.7. The van der Waals surface area contributed by atoms with Gasteiger partial charge in [-0.25, -0.2) is 4.79 Å². The van der Waals surface area contributed by atoms with E-state index < -0.39 is 0 Å². The number of piperazine rings is 1. The fourth-order valence-electron chi connectivity index (χ4n) is 6.62. The molecule has 2 aliphatic heterocycles. The van der Waals surface area contributed by atoms with E-state index in [9.17, 15) is 14.9 Å². The lowest BCUT2D eigenvalue weighted by Crippen LogP contribution is -2.56. The molecule has 0 aliphatic carbocycles. The summed E-state index contributed by atoms with van der Waals surface area (Å²) in [6.07, 6.45) is 1.47. The third-order valence-electron chi connectivity index (χ3n) is 9.04. The van der Waals surface area contributed by atoms with Gasteiger partial charge in [0.2, 0.25) is 5.91 Å². The van der Waals surface area contributed by atoms with Gasteiger partial charge in [0, 0.05) is 54.8 Å². The maximum absolute atomic E-state index is 14.9. The zero-order chi connectivity index (χ0) is 33.5. The first kappa shape index (κ1) is 34.1. The third-order valence-corrected chi connectivity index (χ3v) is 9.54. The quantitative estimate of drug-likeness (QED) is 0.248. The Hall–Kier alpha value is -4.28. The standard InChI is InChI=1S/C36H38Cl2N6O3/c1-3-47-33-22-25(23-40)4-13-31(33)32-15-14-30(26-5-9-28(37)10-6-26)35(27-7-11-29(38)12-8-27)44(32)36(46)43-20-18-42(19-21-43)24-34(45)41(2)17-16-39/h4-13,22,30,32,35H,3,14-15,17-21,24H2,1-2H3. The molecule has 0 saturated carbocycles. The van der Waals surface area contributed by atoms with Gasteiger partial charge in [0.05, 0.1) is 42.9 Å². The lowest BCUT2D eigenvalue weighted by molar-refractivity contribution is -0.130. The number of likely N-dealkylation sites (N-methyl/N-ethyl adjacent to an activating group) is 1. The van der Waals surface area contributed by atoms with Crippen molar-refractivity contribution in [3.8, 4) is 17.9 Å². The van der Waals surface area contributed by atoms with E-state index in [2.05, 4.69) is 6.07 Å². The van der Waals surface area contributed by atoms with Crippen LogP contribution in [0.3, 0.4) is 0 Å². The normalized spacial score (nSPS) is 19.8. The van der Waals surface area contributed by atoms with Gasteiger partial charge in [-0.15, -0.1) is 0 Å². The van der Waals surface area contributed by atoms with Gasteiger partial charge >= 0.3 is 6.03 Å². The summed E-state index contributed by atoms with van der Waals surface area (Å²) in [4.78, 5) is 34.8. The van der Waals surface area contributed by atoms with Crippen LogP contribution in [0.2, 0.25) is 10.0 Å². The highest BCUT2D eigenvalue weighted by Gasteiger charge is 2.45. The van der Waals surface area contributed by atoms with Crippen molar-refractivity contribution in [3.05, 3.63) is 99.0 Å². The molecule has 3 unspecified atom stereocenters. The molecular weight excluding hydrogens is 635 g/mol. The van der Waals surface area contributed by atoms with Crippen molar-refractivity contribution in [2.45, 2.75) is 37.8 Å². The van der Waals surface area contributed by atoms with Crippen LogP contribution in [0.5, 0.6) is 5.75 Å². The Morgan fingerprint density at radius 3 is 2.15 bits per heavy atom. The number of hydrogen-bond donors (Lipinski definition) is 0. The third kappa shape index (κ3) is 7.82. The van der Waals surface area contributed by atoms with Crippen LogP contribution in [0.1, 0.15) is 60.0 Å². The number of urea groups is 1. The number of nitriles is 2. The van der Waals surface area contributed by atoms with E-state index >= 15 is 0 Å². The second-order valence-electron chi connectivity index (χ2n) is 11.9. The fourth-order valence-corrected chi connectivity index (χ4v) is 6.87. The van der Waals surface area contributed by atoms with Gasteiger partial charge in [0.1, 0.15) is 12.3 Å². The second-order valence-corrected chi connectivity index (χ2v) is 12.8. The maximum Gasteiger partial charge on any atom is 0.321 e. The summed E-state index contributed by atoms with van der Waals surface area (Å²) in [6, 6.07) is 24.4. The number of carbonyl (C=O) groups excluding carboxylic acids is 2. The molecule has 0 spiro atoms. The molecule has 0 N–H and O–H groups in total. The molecule has 5 rings (SSSR count). The molecule has 9 nitrogen and oxygen atoms in total. The zero-order valence-corrected chi connectivity index (χ0v) is 28.1. The molecule has 0 aromatic heterocycles. The second kappa shape index (κ2) is 15.5. The number of nitrogens with zero attached hydrogens (tertiary/aromatic N) is 6. The van der Waals surface area contributed by atoms with Crippen molar-refractivity contribution < 1.29 is 14.3 Å². The highest BCUT2D eigenvalue weighted by atomic mass is 35.5. The van der Waals surface area contributed by atoms with Crippen LogP contribution in [-0.4, -0.2) is 84.5 Å². The average Bonchev–Trinajstić information content (AvgIpc) is 3.08. The minimum Gasteiger partial charge on any atom is -0.493 e. The number of likely N-dealkylation sites (tertiary alicyclic amines) is 1. The number of rotatable bonds is 8. The minimum absolute atomic E-state index is 0.0304.